The molecule has 0 aliphatic heterocycles. The van der Waals surface area contributed by atoms with Crippen LogP contribution < -0.4 is 10.4 Å². The molecule has 110 valence electrons. The van der Waals surface area contributed by atoms with Crippen LogP contribution in [0.5, 0.6) is 0 Å². The molecule has 1 rings (SSSR count). The molecule has 0 heterocycles. The second-order valence-corrected chi connectivity index (χ2v) is 5.94. The monoisotopic (exact) mass is 272 g/mol. The lowest BCUT2D eigenvalue weighted by atomic mass is 9.84. The third-order valence-electron chi connectivity index (χ3n) is 3.75. The fourth-order valence-corrected chi connectivity index (χ4v) is 2.26. The molecule has 3 atom stereocenters. The van der Waals surface area contributed by atoms with Gasteiger partial charge in [-0.1, -0.05) is 20.3 Å². The van der Waals surface area contributed by atoms with E-state index >= 15 is 0 Å². The van der Waals surface area contributed by atoms with E-state index in [0.29, 0.717) is 25.7 Å². The maximum absolute atomic E-state index is 11.9. The van der Waals surface area contributed by atoms with Crippen LogP contribution in [0.15, 0.2) is 0 Å². The second kappa shape index (κ2) is 6.34. The fourth-order valence-electron chi connectivity index (χ4n) is 2.26. The van der Waals surface area contributed by atoms with Gasteiger partial charge in [0.25, 0.3) is 0 Å². The van der Waals surface area contributed by atoms with E-state index in [2.05, 4.69) is 5.32 Å². The highest BCUT2D eigenvalue weighted by Gasteiger charge is 2.34. The first-order valence-corrected chi connectivity index (χ1v) is 6.58. The van der Waals surface area contributed by atoms with Crippen molar-refractivity contribution in [2.45, 2.75) is 51.7 Å². The molecule has 1 aliphatic carbocycles. The van der Waals surface area contributed by atoms with Crippen molar-refractivity contribution in [3.05, 3.63) is 0 Å². The predicted molar refractivity (Wildman–Crippen MR) is 65.8 cm³/mol. The highest BCUT2D eigenvalue weighted by Crippen LogP contribution is 2.25. The van der Waals surface area contributed by atoms with E-state index in [-0.39, 0.29) is 12.6 Å². The number of nitrogens with one attached hydrogen (secondary N) is 1. The van der Waals surface area contributed by atoms with Crippen molar-refractivity contribution in [1.82, 2.24) is 5.32 Å². The summed E-state index contributed by atoms with van der Waals surface area (Å²) in [5.41, 5.74) is -0.924. The second-order valence-electron chi connectivity index (χ2n) is 5.94. The summed E-state index contributed by atoms with van der Waals surface area (Å²) < 4.78 is 0. The molecule has 0 radical (unpaired) electrons. The topological polar surface area (TPSA) is 110 Å². The minimum atomic E-state index is -1.32. The number of carbonyl (C=O) groups excluding carboxylic acids is 2. The van der Waals surface area contributed by atoms with Gasteiger partial charge >= 0.3 is 0 Å². The quantitative estimate of drug-likeness (QED) is 0.582. The summed E-state index contributed by atoms with van der Waals surface area (Å²) in [6, 6.07) is -0.256. The Kier molecular flexibility index (Phi) is 5.31. The van der Waals surface area contributed by atoms with Gasteiger partial charge in [0, 0.05) is 23.3 Å². The van der Waals surface area contributed by atoms with E-state index in [1.165, 1.54) is 0 Å². The summed E-state index contributed by atoms with van der Waals surface area (Å²) in [6.45, 7) is 2.86. The van der Waals surface area contributed by atoms with Gasteiger partial charge in [-0.3, -0.25) is 4.79 Å². The third kappa shape index (κ3) is 4.18. The maximum atomic E-state index is 11.9. The Labute approximate surface area is 112 Å². The van der Waals surface area contributed by atoms with E-state index in [1.807, 2.05) is 0 Å². The van der Waals surface area contributed by atoms with Crippen molar-refractivity contribution >= 4 is 11.9 Å². The minimum Gasteiger partial charge on any atom is -0.550 e. The number of aliphatic hydroxyl groups excluding tert-OH is 2. The molecule has 1 amide bonds. The molecule has 0 saturated heterocycles. The van der Waals surface area contributed by atoms with Crippen LogP contribution in [-0.2, 0) is 9.59 Å². The molecule has 0 spiro atoms. The highest BCUT2D eigenvalue weighted by molar-refractivity contribution is 5.81. The molecule has 0 aromatic heterocycles. The summed E-state index contributed by atoms with van der Waals surface area (Å²) in [5, 5.41) is 32.4. The van der Waals surface area contributed by atoms with Crippen LogP contribution in [-0.4, -0.2) is 40.8 Å². The molecule has 1 fully saturated rings. The number of carboxylic acids is 1. The zero-order chi connectivity index (χ0) is 14.6. The number of carbonyl (C=O) groups is 2. The Bertz CT molecular complexity index is 342. The number of aliphatic carboxylic acids is 1. The van der Waals surface area contributed by atoms with Crippen LogP contribution in [0, 0.1) is 11.3 Å². The van der Waals surface area contributed by atoms with Crippen molar-refractivity contribution in [3.63, 3.8) is 0 Å². The van der Waals surface area contributed by atoms with Crippen molar-refractivity contribution < 1.29 is 24.9 Å². The van der Waals surface area contributed by atoms with Crippen molar-refractivity contribution in [3.8, 4) is 0 Å². The van der Waals surface area contributed by atoms with E-state index in [0.717, 1.165) is 0 Å². The summed E-state index contributed by atoms with van der Waals surface area (Å²) in [7, 11) is 0. The Hall–Kier alpha value is -1.14. The SMILES string of the molecule is CC(C)(CO)[C@H](O)C(=O)N[C@@H]1CCC[C@H](C(=O)[O-])C1. The molecule has 6 nitrogen and oxygen atoms in total. The molecule has 1 saturated carbocycles. The average Bonchev–Trinajstić information content (AvgIpc) is 2.38. The summed E-state index contributed by atoms with van der Waals surface area (Å²) in [6.07, 6.45) is 0.991. The molecule has 19 heavy (non-hydrogen) atoms. The normalized spacial score (nSPS) is 25.7. The zero-order valence-electron chi connectivity index (χ0n) is 11.4. The number of rotatable bonds is 5. The molecule has 1 aliphatic rings. The van der Waals surface area contributed by atoms with Gasteiger partial charge in [-0.2, -0.15) is 0 Å². The molecule has 0 aromatic rings. The first-order valence-electron chi connectivity index (χ1n) is 6.58. The van der Waals surface area contributed by atoms with Gasteiger partial charge in [-0.15, -0.1) is 0 Å². The maximum Gasteiger partial charge on any atom is 0.249 e. The highest BCUT2D eigenvalue weighted by atomic mass is 16.4. The first kappa shape index (κ1) is 15.9. The van der Waals surface area contributed by atoms with E-state index in [4.69, 9.17) is 5.11 Å². The Morgan fingerprint density at radius 2 is 2.05 bits per heavy atom. The van der Waals surface area contributed by atoms with Gasteiger partial charge in [-0.25, -0.2) is 0 Å². The van der Waals surface area contributed by atoms with Crippen LogP contribution in [0.25, 0.3) is 0 Å². The van der Waals surface area contributed by atoms with Gasteiger partial charge in [0.05, 0.1) is 6.61 Å². The smallest absolute Gasteiger partial charge is 0.249 e. The number of carboxylic acid groups (broad SMARTS) is 1. The van der Waals surface area contributed by atoms with Crippen LogP contribution >= 0.6 is 0 Å². The third-order valence-corrected chi connectivity index (χ3v) is 3.75. The van der Waals surface area contributed by atoms with Crippen LogP contribution in [0.2, 0.25) is 0 Å². The largest absolute Gasteiger partial charge is 0.550 e. The Morgan fingerprint density at radius 1 is 1.42 bits per heavy atom. The zero-order valence-corrected chi connectivity index (χ0v) is 11.4. The van der Waals surface area contributed by atoms with Crippen molar-refractivity contribution in [1.29, 1.82) is 0 Å². The standard InChI is InChI=1S/C13H23NO5/c1-13(2,7-15)10(16)11(17)14-9-5-3-4-8(6-9)12(18)19/h8-10,15-16H,3-7H2,1-2H3,(H,14,17)(H,18,19)/p-1/t8-,9+,10+/m0/s1. The predicted octanol–water partition coefficient (Wildman–Crippen LogP) is -1.21. The fraction of sp³-hybridized carbons (Fsp3) is 0.846. The lowest BCUT2D eigenvalue weighted by molar-refractivity contribution is -0.312. The molecular weight excluding hydrogens is 250 g/mol. The minimum absolute atomic E-state index is 0.256. The van der Waals surface area contributed by atoms with Crippen molar-refractivity contribution in [2.24, 2.45) is 11.3 Å². The van der Waals surface area contributed by atoms with E-state index < -0.39 is 29.3 Å². The number of amides is 1. The molecule has 6 heteroatoms. The van der Waals surface area contributed by atoms with E-state index in [9.17, 15) is 19.8 Å². The molecule has 0 unspecified atom stereocenters. The average molecular weight is 272 g/mol. The van der Waals surface area contributed by atoms with Gasteiger partial charge in [0.15, 0.2) is 0 Å². The summed E-state index contributed by atoms with van der Waals surface area (Å²) in [5.74, 6) is -2.19. The molecular formula is C13H22NO5-. The summed E-state index contributed by atoms with van der Waals surface area (Å²) >= 11 is 0. The number of hydrogen-bond donors (Lipinski definition) is 3. The van der Waals surface area contributed by atoms with Gasteiger partial charge in [0.1, 0.15) is 6.10 Å². The van der Waals surface area contributed by atoms with Gasteiger partial charge < -0.3 is 25.4 Å². The van der Waals surface area contributed by atoms with Crippen LogP contribution in [0.1, 0.15) is 39.5 Å². The lowest BCUT2D eigenvalue weighted by Gasteiger charge is -2.33. The number of hydrogen-bond acceptors (Lipinski definition) is 5. The van der Waals surface area contributed by atoms with Gasteiger partial charge in [0.2, 0.25) is 5.91 Å². The Balaban J connectivity index is 2.55. The van der Waals surface area contributed by atoms with Crippen molar-refractivity contribution in [2.75, 3.05) is 6.61 Å². The molecule has 0 aromatic carbocycles. The van der Waals surface area contributed by atoms with Crippen LogP contribution in [0.3, 0.4) is 0 Å². The number of aliphatic hydroxyl groups is 2. The lowest BCUT2D eigenvalue weighted by Crippen LogP contribution is -2.50. The van der Waals surface area contributed by atoms with Gasteiger partial charge in [-0.05, 0) is 19.3 Å². The Morgan fingerprint density at radius 3 is 2.58 bits per heavy atom. The first-order chi connectivity index (χ1) is 8.77. The van der Waals surface area contributed by atoms with E-state index in [1.54, 1.807) is 13.8 Å². The molecule has 3 N–H and O–H groups in total. The summed E-state index contributed by atoms with van der Waals surface area (Å²) in [4.78, 5) is 22.7. The molecule has 0 bridgehead atoms. The van der Waals surface area contributed by atoms with Crippen LogP contribution in [0.4, 0.5) is 0 Å².